The molecule has 0 radical (unpaired) electrons. The highest BCUT2D eigenvalue weighted by molar-refractivity contribution is 5.18. The van der Waals surface area contributed by atoms with Crippen LogP contribution < -0.4 is 5.73 Å². The van der Waals surface area contributed by atoms with E-state index in [4.69, 9.17) is 5.73 Å². The first-order valence-corrected chi connectivity index (χ1v) is 3.66. The quantitative estimate of drug-likeness (QED) is 0.631. The van der Waals surface area contributed by atoms with Gasteiger partial charge in [0.15, 0.2) is 5.95 Å². The van der Waals surface area contributed by atoms with Crippen molar-refractivity contribution in [2.45, 2.75) is 25.3 Å². The maximum Gasteiger partial charge on any atom is 0.200 e. The van der Waals surface area contributed by atoms with Crippen molar-refractivity contribution in [2.75, 3.05) is 5.73 Å². The minimum Gasteiger partial charge on any atom is -0.369 e. The molecule has 1 heterocycles. The highest BCUT2D eigenvalue weighted by Crippen LogP contribution is 2.32. The summed E-state index contributed by atoms with van der Waals surface area (Å²) in [5.74, 6) is 0.657. The molecular weight excluding hydrogens is 126 g/mol. The lowest BCUT2D eigenvalue weighted by atomic mass is 9.93. The van der Waals surface area contributed by atoms with E-state index < -0.39 is 0 Å². The van der Waals surface area contributed by atoms with Crippen LogP contribution in [0.4, 0.5) is 5.95 Å². The van der Waals surface area contributed by atoms with E-state index in [1.54, 1.807) is 6.20 Å². The van der Waals surface area contributed by atoms with Gasteiger partial charge in [0.2, 0.25) is 0 Å². The van der Waals surface area contributed by atoms with E-state index in [1.165, 1.54) is 19.3 Å². The van der Waals surface area contributed by atoms with Crippen molar-refractivity contribution in [3.05, 3.63) is 12.4 Å². The summed E-state index contributed by atoms with van der Waals surface area (Å²) in [6.45, 7) is 0. The fourth-order valence-corrected chi connectivity index (χ4v) is 1.30. The first-order chi connectivity index (χ1) is 4.88. The van der Waals surface area contributed by atoms with Crippen LogP contribution in [0.15, 0.2) is 12.4 Å². The van der Waals surface area contributed by atoms with Crippen molar-refractivity contribution in [3.8, 4) is 0 Å². The van der Waals surface area contributed by atoms with Crippen molar-refractivity contribution >= 4 is 5.95 Å². The van der Waals surface area contributed by atoms with Crippen molar-refractivity contribution in [3.63, 3.8) is 0 Å². The summed E-state index contributed by atoms with van der Waals surface area (Å²) in [5, 5.41) is 0. The summed E-state index contributed by atoms with van der Waals surface area (Å²) >= 11 is 0. The fourth-order valence-electron chi connectivity index (χ4n) is 1.30. The largest absolute Gasteiger partial charge is 0.369 e. The molecular formula is C7H11N3. The van der Waals surface area contributed by atoms with E-state index in [0.717, 1.165) is 0 Å². The molecule has 0 amide bonds. The van der Waals surface area contributed by atoms with Gasteiger partial charge in [-0.25, -0.2) is 4.98 Å². The van der Waals surface area contributed by atoms with Crippen molar-refractivity contribution in [1.29, 1.82) is 0 Å². The molecule has 2 N–H and O–H groups in total. The van der Waals surface area contributed by atoms with Crippen LogP contribution in [-0.2, 0) is 0 Å². The van der Waals surface area contributed by atoms with Crippen molar-refractivity contribution < 1.29 is 0 Å². The van der Waals surface area contributed by atoms with Crippen LogP contribution in [0.25, 0.3) is 0 Å². The molecule has 3 nitrogen and oxygen atoms in total. The maximum atomic E-state index is 5.60. The number of nitrogen functional groups attached to an aromatic ring is 1. The smallest absolute Gasteiger partial charge is 0.200 e. The third kappa shape index (κ3) is 0.701. The van der Waals surface area contributed by atoms with Crippen molar-refractivity contribution in [1.82, 2.24) is 9.55 Å². The first-order valence-electron chi connectivity index (χ1n) is 3.66. The van der Waals surface area contributed by atoms with Gasteiger partial charge >= 0.3 is 0 Å². The van der Waals surface area contributed by atoms with Crippen LogP contribution in [0.5, 0.6) is 0 Å². The number of aromatic nitrogens is 2. The Morgan fingerprint density at radius 3 is 2.80 bits per heavy atom. The molecule has 3 heteroatoms. The molecule has 1 aliphatic carbocycles. The molecule has 0 atom stereocenters. The molecule has 1 aromatic rings. The number of anilines is 1. The molecule has 0 unspecified atom stereocenters. The molecule has 1 aromatic heterocycles. The van der Waals surface area contributed by atoms with Crippen LogP contribution >= 0.6 is 0 Å². The monoisotopic (exact) mass is 137 g/mol. The molecule has 0 saturated heterocycles. The maximum absolute atomic E-state index is 5.60. The second-order valence-electron chi connectivity index (χ2n) is 2.78. The molecule has 1 aliphatic rings. The predicted octanol–water partition coefficient (Wildman–Crippen LogP) is 1.19. The minimum atomic E-state index is 0.641. The lowest BCUT2D eigenvalue weighted by molar-refractivity contribution is 0.317. The summed E-state index contributed by atoms with van der Waals surface area (Å²) < 4.78 is 2.06. The van der Waals surface area contributed by atoms with E-state index in [1.807, 2.05) is 6.20 Å². The average Bonchev–Trinajstić information content (AvgIpc) is 2.12. The van der Waals surface area contributed by atoms with Gasteiger partial charge in [0.05, 0.1) is 0 Å². The number of nitrogens with zero attached hydrogens (tertiary/aromatic N) is 2. The Balaban J connectivity index is 2.23. The second-order valence-corrected chi connectivity index (χ2v) is 2.78. The lowest BCUT2D eigenvalue weighted by Crippen LogP contribution is -2.17. The van der Waals surface area contributed by atoms with Gasteiger partial charge in [0.1, 0.15) is 0 Å². The summed E-state index contributed by atoms with van der Waals surface area (Å²) in [6, 6.07) is 0.641. The first kappa shape index (κ1) is 5.77. The molecule has 0 aliphatic heterocycles. The van der Waals surface area contributed by atoms with E-state index >= 15 is 0 Å². The van der Waals surface area contributed by atoms with Crippen LogP contribution in [0.3, 0.4) is 0 Å². The Morgan fingerprint density at radius 1 is 1.60 bits per heavy atom. The van der Waals surface area contributed by atoms with Gasteiger partial charge in [0.25, 0.3) is 0 Å². The van der Waals surface area contributed by atoms with Gasteiger partial charge in [-0.3, -0.25) is 0 Å². The predicted molar refractivity (Wildman–Crippen MR) is 39.5 cm³/mol. The average molecular weight is 137 g/mol. The fraction of sp³-hybridized carbons (Fsp3) is 0.571. The molecule has 1 saturated carbocycles. The van der Waals surface area contributed by atoms with E-state index in [0.29, 0.717) is 12.0 Å². The molecule has 2 rings (SSSR count). The number of nitrogens with two attached hydrogens (primary N) is 1. The topological polar surface area (TPSA) is 43.8 Å². The van der Waals surface area contributed by atoms with E-state index in [2.05, 4.69) is 9.55 Å². The Bertz CT molecular complexity index is 225. The van der Waals surface area contributed by atoms with Crippen LogP contribution in [0.1, 0.15) is 25.3 Å². The third-order valence-corrected chi connectivity index (χ3v) is 2.17. The third-order valence-electron chi connectivity index (χ3n) is 2.17. The summed E-state index contributed by atoms with van der Waals surface area (Å²) in [7, 11) is 0. The SMILES string of the molecule is Nc1nccn1C1CCC1. The van der Waals surface area contributed by atoms with Crippen LogP contribution in [-0.4, -0.2) is 9.55 Å². The molecule has 0 aromatic carbocycles. The van der Waals surface area contributed by atoms with Crippen molar-refractivity contribution in [2.24, 2.45) is 0 Å². The number of rotatable bonds is 1. The Labute approximate surface area is 59.9 Å². The van der Waals surface area contributed by atoms with E-state index in [-0.39, 0.29) is 0 Å². The van der Waals surface area contributed by atoms with Gasteiger partial charge in [-0.05, 0) is 19.3 Å². The van der Waals surface area contributed by atoms with Gasteiger partial charge < -0.3 is 10.3 Å². The number of hydrogen-bond donors (Lipinski definition) is 1. The molecule has 1 fully saturated rings. The minimum absolute atomic E-state index is 0.641. The van der Waals surface area contributed by atoms with Crippen LogP contribution in [0.2, 0.25) is 0 Å². The lowest BCUT2D eigenvalue weighted by Gasteiger charge is -2.27. The Kier molecular flexibility index (Phi) is 1.16. The van der Waals surface area contributed by atoms with Gasteiger partial charge in [-0.1, -0.05) is 0 Å². The number of imidazole rings is 1. The van der Waals surface area contributed by atoms with Crippen LogP contribution in [0, 0.1) is 0 Å². The second kappa shape index (κ2) is 2.01. The van der Waals surface area contributed by atoms with Gasteiger partial charge in [-0.2, -0.15) is 0 Å². The van der Waals surface area contributed by atoms with Gasteiger partial charge in [-0.15, -0.1) is 0 Å². The normalized spacial score (nSPS) is 18.8. The zero-order chi connectivity index (χ0) is 6.97. The van der Waals surface area contributed by atoms with E-state index in [9.17, 15) is 0 Å². The standard InChI is InChI=1S/C7H11N3/c8-7-9-4-5-10(7)6-2-1-3-6/h4-6H,1-3H2,(H2,8,9). The summed E-state index contributed by atoms with van der Waals surface area (Å²) in [5.41, 5.74) is 5.60. The zero-order valence-electron chi connectivity index (χ0n) is 5.83. The zero-order valence-corrected chi connectivity index (χ0v) is 5.83. The molecule has 10 heavy (non-hydrogen) atoms. The number of hydrogen-bond acceptors (Lipinski definition) is 2. The highest BCUT2D eigenvalue weighted by atomic mass is 15.2. The summed E-state index contributed by atoms with van der Waals surface area (Å²) in [6.07, 6.45) is 7.58. The van der Waals surface area contributed by atoms with Gasteiger partial charge in [0, 0.05) is 18.4 Å². The molecule has 0 bridgehead atoms. The molecule has 0 spiro atoms. The summed E-state index contributed by atoms with van der Waals surface area (Å²) in [4.78, 5) is 3.96. The Morgan fingerprint density at radius 2 is 2.40 bits per heavy atom. The molecule has 54 valence electrons. The Hall–Kier alpha value is -0.990. The highest BCUT2D eigenvalue weighted by Gasteiger charge is 2.19.